The predicted molar refractivity (Wildman–Crippen MR) is 166 cm³/mol. The minimum absolute atomic E-state index is 0.0215. The van der Waals surface area contributed by atoms with Crippen LogP contribution < -0.4 is 16.0 Å². The number of halogens is 2. The number of esters is 1. The van der Waals surface area contributed by atoms with Crippen LogP contribution in [0.4, 0.5) is 0 Å². The highest BCUT2D eigenvalue weighted by atomic mass is 35.5. The van der Waals surface area contributed by atoms with Gasteiger partial charge in [-0.3, -0.25) is 28.2 Å². The van der Waals surface area contributed by atoms with Crippen LogP contribution in [0.5, 0.6) is 11.5 Å². The molecule has 5 unspecified atom stereocenters. The van der Waals surface area contributed by atoms with E-state index in [-0.39, 0.29) is 52.9 Å². The first-order valence-corrected chi connectivity index (χ1v) is 16.4. The summed E-state index contributed by atoms with van der Waals surface area (Å²) in [6.07, 6.45) is -2.17. The average Bonchev–Trinajstić information content (AvgIpc) is 3.59. The maximum absolute atomic E-state index is 12.8. The number of nitrogens with zero attached hydrogens (tertiary/aromatic N) is 5. The normalized spacial score (nSPS) is 25.0. The second-order valence-corrected chi connectivity index (χ2v) is 12.8. The van der Waals surface area contributed by atoms with Crippen molar-refractivity contribution in [3.63, 3.8) is 0 Å². The van der Waals surface area contributed by atoms with Crippen LogP contribution in [-0.2, 0) is 44.0 Å². The number of carbonyl (C=O) groups excluding carboxylic acids is 1. The molecular weight excluding hydrogens is 706 g/mol. The number of phenolic OH excluding ortho intramolecular Hbond substituents is 1. The van der Waals surface area contributed by atoms with E-state index in [2.05, 4.69) is 20.2 Å². The van der Waals surface area contributed by atoms with E-state index in [1.165, 1.54) is 20.1 Å². The fourth-order valence-corrected chi connectivity index (χ4v) is 6.16. The first kappa shape index (κ1) is 37.2. The Morgan fingerprint density at radius 2 is 2.00 bits per heavy atom. The molecule has 0 bridgehead atoms. The lowest BCUT2D eigenvalue weighted by Crippen LogP contribution is -2.34. The number of oxime groups is 1. The Morgan fingerprint density at radius 1 is 1.27 bits per heavy atom. The van der Waals surface area contributed by atoms with Crippen molar-refractivity contribution in [1.29, 1.82) is 0 Å². The zero-order chi connectivity index (χ0) is 35.2. The van der Waals surface area contributed by atoms with Crippen LogP contribution in [0.3, 0.4) is 0 Å². The molecule has 2 aliphatic rings. The smallest absolute Gasteiger partial charge is 0.472 e. The van der Waals surface area contributed by atoms with Crippen LogP contribution in [-0.4, -0.2) is 76.7 Å². The number of rotatable bonds is 14. The summed E-state index contributed by atoms with van der Waals surface area (Å²) in [7, 11) is -3.39. The van der Waals surface area contributed by atoms with E-state index in [0.29, 0.717) is 0 Å². The third-order valence-electron chi connectivity index (χ3n) is 7.30. The highest BCUT2D eigenvalue weighted by molar-refractivity contribution is 7.47. The predicted octanol–water partition coefficient (Wildman–Crippen LogP) is 3.52. The number of phosphoric ester groups is 1. The van der Waals surface area contributed by atoms with Crippen molar-refractivity contribution in [3.05, 3.63) is 64.7 Å². The van der Waals surface area contributed by atoms with Gasteiger partial charge in [0.1, 0.15) is 12.3 Å². The molecule has 0 spiro atoms. The van der Waals surface area contributed by atoms with Crippen LogP contribution in [0, 0.1) is 5.92 Å². The second-order valence-electron chi connectivity index (χ2n) is 10.5. The molecule has 2 aromatic rings. The van der Waals surface area contributed by atoms with Crippen LogP contribution in [0.25, 0.3) is 10.4 Å². The van der Waals surface area contributed by atoms with Crippen LogP contribution in [0.15, 0.2) is 32.1 Å². The molecular formula is C26H31Cl2N6O13P. The summed E-state index contributed by atoms with van der Waals surface area (Å²) in [4.78, 5) is 56.8. The van der Waals surface area contributed by atoms with Crippen LogP contribution in [0.1, 0.15) is 44.0 Å². The van der Waals surface area contributed by atoms with Crippen molar-refractivity contribution in [2.45, 2.75) is 64.1 Å². The van der Waals surface area contributed by atoms with E-state index in [9.17, 15) is 28.9 Å². The SMILES string of the molecule is COc1cc(Cl)c(/C=N/OC2C[C@H](n3cc(CN=[N+]=[N-])c(=O)[nH]c3=O)O[C@@H]2COP(=O)(O)OCC2CC(OC(C)=O)OC2C)c(Cl)c1O. The Hall–Kier alpha value is -3.64. The van der Waals surface area contributed by atoms with Gasteiger partial charge in [0.05, 0.1) is 49.2 Å². The van der Waals surface area contributed by atoms with Gasteiger partial charge in [-0.15, -0.1) is 0 Å². The fraction of sp³-hybridized carbons (Fsp3) is 0.538. The molecule has 0 saturated carbocycles. The molecule has 4 rings (SSSR count). The number of hydrogen-bond donors (Lipinski definition) is 3. The van der Waals surface area contributed by atoms with Gasteiger partial charge in [-0.1, -0.05) is 33.5 Å². The molecule has 0 radical (unpaired) electrons. The van der Waals surface area contributed by atoms with E-state index < -0.39 is 74.1 Å². The van der Waals surface area contributed by atoms with E-state index in [0.717, 1.165) is 17.0 Å². The van der Waals surface area contributed by atoms with Gasteiger partial charge < -0.3 is 33.8 Å². The number of carbonyl (C=O) groups is 1. The Balaban J connectivity index is 1.50. The number of aromatic nitrogens is 2. The van der Waals surface area contributed by atoms with E-state index in [4.69, 9.17) is 61.6 Å². The molecule has 0 amide bonds. The number of azide groups is 1. The first-order chi connectivity index (χ1) is 22.7. The molecule has 3 N–H and O–H groups in total. The summed E-state index contributed by atoms with van der Waals surface area (Å²) < 4.78 is 45.7. The highest BCUT2D eigenvalue weighted by Gasteiger charge is 2.41. The molecule has 262 valence electrons. The number of phenols is 1. The highest BCUT2D eigenvalue weighted by Crippen LogP contribution is 2.46. The molecule has 2 saturated heterocycles. The van der Waals surface area contributed by atoms with E-state index in [1.54, 1.807) is 6.92 Å². The Bertz CT molecular complexity index is 1750. The summed E-state index contributed by atoms with van der Waals surface area (Å²) in [5.41, 5.74) is 7.05. The van der Waals surface area contributed by atoms with Crippen LogP contribution in [0.2, 0.25) is 10.0 Å². The number of aromatic hydroxyl groups is 1. The minimum atomic E-state index is -4.70. The third-order valence-corrected chi connectivity index (χ3v) is 8.95. The molecule has 1 aromatic carbocycles. The number of benzene rings is 1. The topological polar surface area (TPSA) is 255 Å². The zero-order valence-electron chi connectivity index (χ0n) is 25.6. The summed E-state index contributed by atoms with van der Waals surface area (Å²) in [6, 6.07) is 1.31. The largest absolute Gasteiger partial charge is 0.503 e. The van der Waals surface area contributed by atoms with Gasteiger partial charge in [-0.2, -0.15) is 0 Å². The molecule has 2 aliphatic heterocycles. The summed E-state index contributed by atoms with van der Waals surface area (Å²) in [5, 5.41) is 17.3. The lowest BCUT2D eigenvalue weighted by molar-refractivity contribution is -0.171. The van der Waals surface area contributed by atoms with Crippen molar-refractivity contribution in [2.24, 2.45) is 16.2 Å². The summed E-state index contributed by atoms with van der Waals surface area (Å²) in [5.74, 6) is -1.30. The average molecular weight is 737 g/mol. The number of ether oxygens (including phenoxy) is 4. The molecule has 3 heterocycles. The molecule has 48 heavy (non-hydrogen) atoms. The maximum atomic E-state index is 12.8. The maximum Gasteiger partial charge on any atom is 0.472 e. The monoisotopic (exact) mass is 736 g/mol. The van der Waals surface area contributed by atoms with Gasteiger partial charge in [0, 0.05) is 54.0 Å². The first-order valence-electron chi connectivity index (χ1n) is 14.1. The van der Waals surface area contributed by atoms with Crippen LogP contribution >= 0.6 is 31.0 Å². The molecule has 0 aliphatic carbocycles. The minimum Gasteiger partial charge on any atom is -0.503 e. The van der Waals surface area contributed by atoms with Crippen molar-refractivity contribution in [3.8, 4) is 11.5 Å². The van der Waals surface area contributed by atoms with E-state index >= 15 is 0 Å². The Labute approximate surface area is 281 Å². The number of H-pyrrole nitrogens is 1. The quantitative estimate of drug-likeness (QED) is 0.0478. The van der Waals surface area contributed by atoms with Gasteiger partial charge in [0.2, 0.25) is 6.29 Å². The second kappa shape index (κ2) is 16.2. The van der Waals surface area contributed by atoms with E-state index in [1.807, 2.05) is 0 Å². The Morgan fingerprint density at radius 3 is 2.69 bits per heavy atom. The molecule has 22 heteroatoms. The number of nitrogens with one attached hydrogen (secondary N) is 1. The van der Waals surface area contributed by atoms with Crippen molar-refractivity contribution in [1.82, 2.24) is 9.55 Å². The number of aromatic amines is 1. The van der Waals surface area contributed by atoms with Gasteiger partial charge in [-0.25, -0.2) is 9.36 Å². The Kier molecular flexibility index (Phi) is 12.5. The van der Waals surface area contributed by atoms with Crippen molar-refractivity contribution in [2.75, 3.05) is 20.3 Å². The van der Waals surface area contributed by atoms with Gasteiger partial charge in [0.25, 0.3) is 5.56 Å². The zero-order valence-corrected chi connectivity index (χ0v) is 28.0. The lowest BCUT2D eigenvalue weighted by atomic mass is 10.0. The number of methoxy groups -OCH3 is 1. The molecule has 19 nitrogen and oxygen atoms in total. The van der Waals surface area contributed by atoms with Gasteiger partial charge >= 0.3 is 19.5 Å². The molecule has 7 atom stereocenters. The van der Waals surface area contributed by atoms with Crippen molar-refractivity contribution >= 4 is 43.2 Å². The fourth-order valence-electron chi connectivity index (χ4n) is 4.83. The molecule has 1 aromatic heterocycles. The summed E-state index contributed by atoms with van der Waals surface area (Å²) >= 11 is 12.4. The van der Waals surface area contributed by atoms with Crippen molar-refractivity contribution < 1.29 is 52.2 Å². The van der Waals surface area contributed by atoms with Gasteiger partial charge in [0.15, 0.2) is 17.6 Å². The summed E-state index contributed by atoms with van der Waals surface area (Å²) in [6.45, 7) is 1.71. The standard InChI is InChI=1S/C26H31Cl2N6O13P/c1-12-14(4-22(44-12)45-13(2)35)10-42-48(39,40)43-11-20-18(47-31-8-16-17(27)5-19(41-3)24(36)23(16)28)6-21(46-20)34-9-15(7-30-33-29)25(37)32-26(34)38/h5,8-9,12,14,18,20-22,36H,4,6-7,10-11H2,1-3H3,(H,39,40)(H,32,37,38)/b31-8+/t12?,14?,18?,20-,21-,22?/m1/s1. The number of hydrogen-bond acceptors (Lipinski definition) is 14. The lowest BCUT2D eigenvalue weighted by Gasteiger charge is -2.20. The number of phosphoric acid groups is 1. The third kappa shape index (κ3) is 9.28. The molecule has 2 fully saturated rings. The van der Waals surface area contributed by atoms with Gasteiger partial charge in [-0.05, 0) is 12.5 Å².